The summed E-state index contributed by atoms with van der Waals surface area (Å²) >= 11 is 4.63. The van der Waals surface area contributed by atoms with Gasteiger partial charge in [0, 0.05) is 5.92 Å². The van der Waals surface area contributed by atoms with Gasteiger partial charge in [-0.1, -0.05) is 0 Å². The van der Waals surface area contributed by atoms with Crippen LogP contribution in [0, 0.1) is 0 Å². The van der Waals surface area contributed by atoms with Crippen LogP contribution in [0.2, 0.25) is 0 Å². The molecule has 1 saturated carbocycles. The molecule has 0 atom stereocenters. The third kappa shape index (κ3) is 2.34. The normalized spacial score (nSPS) is 16.1. The molecule has 0 spiro atoms. The van der Waals surface area contributed by atoms with Crippen LogP contribution in [-0.2, 0) is 15.6 Å². The summed E-state index contributed by atoms with van der Waals surface area (Å²) in [6, 6.07) is 0. The summed E-state index contributed by atoms with van der Waals surface area (Å²) in [6.45, 7) is 0. The average molecular weight is 349 g/mol. The van der Waals surface area contributed by atoms with Crippen molar-refractivity contribution in [3.8, 4) is 0 Å². The van der Waals surface area contributed by atoms with Crippen molar-refractivity contribution in [2.75, 3.05) is 0 Å². The lowest BCUT2D eigenvalue weighted by molar-refractivity contribution is 0.586. The smallest absolute Gasteiger partial charge is 0.262 e. The van der Waals surface area contributed by atoms with E-state index in [4.69, 9.17) is 0 Å². The van der Waals surface area contributed by atoms with Crippen molar-refractivity contribution in [1.29, 1.82) is 0 Å². The molecule has 3 rings (SSSR count). The van der Waals surface area contributed by atoms with Gasteiger partial charge in [-0.15, -0.1) is 16.4 Å². The summed E-state index contributed by atoms with van der Waals surface area (Å²) in [5, 5.41) is 6.36. The molecular weight excluding hydrogens is 340 g/mol. The van der Waals surface area contributed by atoms with Crippen LogP contribution in [0.25, 0.3) is 0 Å². The first-order valence-corrected chi connectivity index (χ1v) is 8.61. The molecule has 0 aromatic carbocycles. The molecule has 1 N–H and O–H groups in total. The van der Waals surface area contributed by atoms with E-state index in [1.54, 1.807) is 5.51 Å². The number of nitrogens with one attached hydrogen (secondary N) is 1. The van der Waals surface area contributed by atoms with Crippen LogP contribution in [0.3, 0.4) is 0 Å². The number of thiazole rings is 1. The molecule has 2 heterocycles. The van der Waals surface area contributed by atoms with Crippen molar-refractivity contribution in [3.63, 3.8) is 0 Å². The van der Waals surface area contributed by atoms with E-state index in [1.807, 2.05) is 0 Å². The molecule has 1 aliphatic rings. The topological polar surface area (TPSA) is 88.6 Å². The fourth-order valence-electron chi connectivity index (χ4n) is 1.53. The summed E-state index contributed by atoms with van der Waals surface area (Å²) in [7, 11) is -3.53. The number of nitrogens with zero attached hydrogens (tertiary/aromatic N) is 3. The number of hydrogen-bond donors (Lipinski definition) is 1. The zero-order valence-corrected chi connectivity index (χ0v) is 12.3. The van der Waals surface area contributed by atoms with Gasteiger partial charge in [0.2, 0.25) is 9.84 Å². The monoisotopic (exact) mass is 348 g/mol. The van der Waals surface area contributed by atoms with Crippen molar-refractivity contribution >= 4 is 37.1 Å². The molecular formula is C9H9BrN4O2S2. The van der Waals surface area contributed by atoms with Crippen LogP contribution in [0.5, 0.6) is 0 Å². The number of rotatable bonds is 4. The summed E-state index contributed by atoms with van der Waals surface area (Å²) in [6.07, 6.45) is 2.10. The summed E-state index contributed by atoms with van der Waals surface area (Å²) in [5.41, 5.74) is 2.10. The SMILES string of the molecule is O=S(=O)(Cc1ncsc1Br)c1n[nH]c(C2CC2)n1. The first kappa shape index (κ1) is 12.2. The Balaban J connectivity index is 1.86. The van der Waals surface area contributed by atoms with Crippen LogP contribution in [0.1, 0.15) is 30.3 Å². The van der Waals surface area contributed by atoms with Crippen LogP contribution >= 0.6 is 27.3 Å². The fraction of sp³-hybridized carbons (Fsp3) is 0.444. The predicted molar refractivity (Wildman–Crippen MR) is 69.1 cm³/mol. The number of aromatic amines is 1. The molecule has 9 heteroatoms. The lowest BCUT2D eigenvalue weighted by Crippen LogP contribution is -2.07. The van der Waals surface area contributed by atoms with E-state index in [0.29, 0.717) is 17.4 Å². The minimum atomic E-state index is -3.53. The van der Waals surface area contributed by atoms with E-state index in [1.165, 1.54) is 11.3 Å². The van der Waals surface area contributed by atoms with Crippen LogP contribution < -0.4 is 0 Å². The van der Waals surface area contributed by atoms with Gasteiger partial charge < -0.3 is 0 Å². The highest BCUT2D eigenvalue weighted by Crippen LogP contribution is 2.38. The summed E-state index contributed by atoms with van der Waals surface area (Å²) in [4.78, 5) is 8.07. The number of halogens is 1. The molecule has 2 aromatic heterocycles. The molecule has 0 unspecified atom stereocenters. The second kappa shape index (κ2) is 4.39. The van der Waals surface area contributed by atoms with E-state index in [-0.39, 0.29) is 10.9 Å². The molecule has 0 aliphatic heterocycles. The van der Waals surface area contributed by atoms with Gasteiger partial charge >= 0.3 is 0 Å². The summed E-state index contributed by atoms with van der Waals surface area (Å²) in [5.74, 6) is 0.845. The molecule has 2 aromatic rings. The third-order valence-electron chi connectivity index (χ3n) is 2.64. The Bertz CT molecular complexity index is 674. The molecule has 0 bridgehead atoms. The van der Waals surface area contributed by atoms with Crippen LogP contribution in [0.4, 0.5) is 0 Å². The standard InChI is InChI=1S/C9H9BrN4O2S2/c10-7-6(11-4-17-7)3-18(15,16)9-12-8(13-14-9)5-1-2-5/h4-5H,1-3H2,(H,12,13,14). The molecule has 1 fully saturated rings. The lowest BCUT2D eigenvalue weighted by Gasteiger charge is -1.97. The van der Waals surface area contributed by atoms with Crippen LogP contribution in [0.15, 0.2) is 14.5 Å². The molecule has 0 amide bonds. The van der Waals surface area contributed by atoms with Gasteiger partial charge in [-0.05, 0) is 28.8 Å². The molecule has 0 radical (unpaired) electrons. The maximum Gasteiger partial charge on any atom is 0.267 e. The lowest BCUT2D eigenvalue weighted by atomic mass is 10.4. The molecule has 0 saturated heterocycles. The predicted octanol–water partition coefficient (Wildman–Crippen LogP) is 1.88. The van der Waals surface area contributed by atoms with Crippen molar-refractivity contribution in [2.24, 2.45) is 0 Å². The minimum Gasteiger partial charge on any atom is -0.262 e. The Morgan fingerprint density at radius 3 is 2.89 bits per heavy atom. The van der Waals surface area contributed by atoms with Gasteiger partial charge in [-0.2, -0.15) is 0 Å². The van der Waals surface area contributed by atoms with Crippen molar-refractivity contribution in [3.05, 3.63) is 20.8 Å². The Morgan fingerprint density at radius 1 is 1.50 bits per heavy atom. The van der Waals surface area contributed by atoms with Gasteiger partial charge in [0.1, 0.15) is 11.6 Å². The van der Waals surface area contributed by atoms with E-state index in [0.717, 1.165) is 16.6 Å². The second-order valence-electron chi connectivity index (χ2n) is 4.11. The number of hydrogen-bond acceptors (Lipinski definition) is 6. The highest BCUT2D eigenvalue weighted by molar-refractivity contribution is 9.11. The minimum absolute atomic E-state index is 0.135. The van der Waals surface area contributed by atoms with E-state index in [9.17, 15) is 8.42 Å². The first-order valence-electron chi connectivity index (χ1n) is 5.29. The van der Waals surface area contributed by atoms with Gasteiger partial charge in [0.15, 0.2) is 0 Å². The van der Waals surface area contributed by atoms with Gasteiger partial charge in [0.25, 0.3) is 5.16 Å². The van der Waals surface area contributed by atoms with Gasteiger partial charge in [-0.25, -0.2) is 18.4 Å². The average Bonchev–Trinajstić information content (AvgIpc) is 2.90. The van der Waals surface area contributed by atoms with Gasteiger partial charge in [-0.3, -0.25) is 5.10 Å². The second-order valence-corrected chi connectivity index (χ2v) is 8.17. The van der Waals surface area contributed by atoms with E-state index >= 15 is 0 Å². The van der Waals surface area contributed by atoms with E-state index in [2.05, 4.69) is 36.1 Å². The largest absolute Gasteiger partial charge is 0.267 e. The Kier molecular flexibility index (Phi) is 2.99. The van der Waals surface area contributed by atoms with Crippen molar-refractivity contribution in [2.45, 2.75) is 29.7 Å². The molecule has 6 nitrogen and oxygen atoms in total. The fourth-order valence-corrected chi connectivity index (χ4v) is 3.96. The first-order chi connectivity index (χ1) is 8.56. The Morgan fingerprint density at radius 2 is 2.28 bits per heavy atom. The molecule has 1 aliphatic carbocycles. The number of sulfone groups is 1. The quantitative estimate of drug-likeness (QED) is 0.910. The van der Waals surface area contributed by atoms with Gasteiger partial charge in [0.05, 0.1) is 15.0 Å². The zero-order valence-electron chi connectivity index (χ0n) is 9.13. The number of H-pyrrole nitrogens is 1. The zero-order chi connectivity index (χ0) is 12.8. The number of aromatic nitrogens is 4. The highest BCUT2D eigenvalue weighted by Gasteiger charge is 2.30. The molecule has 96 valence electrons. The Hall–Kier alpha value is -0.800. The Labute approximate surface area is 116 Å². The van der Waals surface area contributed by atoms with E-state index < -0.39 is 9.84 Å². The maximum atomic E-state index is 12.1. The van der Waals surface area contributed by atoms with Crippen molar-refractivity contribution < 1.29 is 8.42 Å². The maximum absolute atomic E-state index is 12.1. The molecule has 18 heavy (non-hydrogen) atoms. The highest BCUT2D eigenvalue weighted by atomic mass is 79.9. The summed E-state index contributed by atoms with van der Waals surface area (Å²) < 4.78 is 24.9. The van der Waals surface area contributed by atoms with Crippen molar-refractivity contribution in [1.82, 2.24) is 20.2 Å². The van der Waals surface area contributed by atoms with Crippen LogP contribution in [-0.4, -0.2) is 28.6 Å². The third-order valence-corrected chi connectivity index (χ3v) is 5.71.